The predicted molar refractivity (Wildman–Crippen MR) is 141 cm³/mol. The van der Waals surface area contributed by atoms with Crippen molar-refractivity contribution < 1.29 is 9.59 Å². The third kappa shape index (κ3) is 4.60. The highest BCUT2D eigenvalue weighted by molar-refractivity contribution is 6.06. The molecule has 0 bridgehead atoms. The zero-order chi connectivity index (χ0) is 25.7. The number of rotatable bonds is 6. The van der Waals surface area contributed by atoms with E-state index in [0.29, 0.717) is 40.2 Å². The van der Waals surface area contributed by atoms with Gasteiger partial charge < -0.3 is 15.6 Å². The van der Waals surface area contributed by atoms with Crippen LogP contribution in [0.1, 0.15) is 35.8 Å². The molecule has 1 spiro atoms. The van der Waals surface area contributed by atoms with Crippen molar-refractivity contribution in [2.24, 2.45) is 18.4 Å². The van der Waals surface area contributed by atoms with E-state index in [1.165, 1.54) is 19.0 Å². The number of nitrogens with one attached hydrogen (secondary N) is 3. The van der Waals surface area contributed by atoms with Crippen LogP contribution in [-0.2, 0) is 11.8 Å². The molecule has 6 rings (SSSR count). The van der Waals surface area contributed by atoms with E-state index in [0.717, 1.165) is 35.7 Å². The average molecular weight is 499 g/mol. The maximum Gasteiger partial charge on any atom is 0.257 e. The molecule has 10 heteroatoms. The average Bonchev–Trinajstić information content (AvgIpc) is 3.44. The summed E-state index contributed by atoms with van der Waals surface area (Å²) in [6, 6.07) is 5.49. The molecular weight excluding hydrogens is 468 g/mol. The quantitative estimate of drug-likeness (QED) is 0.374. The van der Waals surface area contributed by atoms with Crippen LogP contribution in [0.25, 0.3) is 22.3 Å². The summed E-state index contributed by atoms with van der Waals surface area (Å²) in [5.74, 6) is 0.442. The lowest BCUT2D eigenvalue weighted by molar-refractivity contribution is -0.127. The minimum atomic E-state index is -0.299. The molecule has 1 saturated carbocycles. The van der Waals surface area contributed by atoms with Crippen LogP contribution in [-0.4, -0.2) is 61.1 Å². The first-order valence-corrected chi connectivity index (χ1v) is 12.5. The van der Waals surface area contributed by atoms with E-state index < -0.39 is 0 Å². The fourth-order valence-corrected chi connectivity index (χ4v) is 5.87. The predicted octanol–water partition coefficient (Wildman–Crippen LogP) is 3.59. The van der Waals surface area contributed by atoms with Crippen LogP contribution in [0.5, 0.6) is 0 Å². The number of carbonyl (C=O) groups is 2. The van der Waals surface area contributed by atoms with Crippen molar-refractivity contribution >= 4 is 34.2 Å². The van der Waals surface area contributed by atoms with Crippen LogP contribution < -0.4 is 10.6 Å². The van der Waals surface area contributed by atoms with Gasteiger partial charge >= 0.3 is 0 Å². The van der Waals surface area contributed by atoms with Gasteiger partial charge in [-0.15, -0.1) is 0 Å². The van der Waals surface area contributed by atoms with Crippen molar-refractivity contribution in [2.45, 2.75) is 26.7 Å². The first kappa shape index (κ1) is 23.4. The molecule has 5 heterocycles. The fraction of sp³-hybridized carbons (Fsp3) is 0.370. The van der Waals surface area contributed by atoms with E-state index in [2.05, 4.69) is 42.5 Å². The Kier molecular flexibility index (Phi) is 5.56. The number of aromatic nitrogens is 5. The molecule has 1 aliphatic heterocycles. The van der Waals surface area contributed by atoms with E-state index in [4.69, 9.17) is 0 Å². The molecule has 0 radical (unpaired) electrons. The van der Waals surface area contributed by atoms with Gasteiger partial charge in [-0.2, -0.15) is 5.10 Å². The third-order valence-corrected chi connectivity index (χ3v) is 7.42. The van der Waals surface area contributed by atoms with Gasteiger partial charge in [-0.3, -0.25) is 24.2 Å². The van der Waals surface area contributed by atoms with Crippen LogP contribution in [0.4, 0.5) is 11.4 Å². The second-order valence-corrected chi connectivity index (χ2v) is 10.8. The summed E-state index contributed by atoms with van der Waals surface area (Å²) >= 11 is 0. The Balaban J connectivity index is 1.10. The van der Waals surface area contributed by atoms with Crippen molar-refractivity contribution in [1.29, 1.82) is 0 Å². The lowest BCUT2D eigenvalue weighted by Crippen LogP contribution is -2.62. The van der Waals surface area contributed by atoms with Gasteiger partial charge in [-0.25, -0.2) is 4.98 Å². The Hall–Kier alpha value is -4.05. The summed E-state index contributed by atoms with van der Waals surface area (Å²) in [5.41, 5.74) is 5.16. The van der Waals surface area contributed by atoms with Crippen LogP contribution in [0.2, 0.25) is 0 Å². The second-order valence-electron chi connectivity index (χ2n) is 10.8. The summed E-state index contributed by atoms with van der Waals surface area (Å²) in [6.45, 7) is 6.47. The lowest BCUT2D eigenvalue weighted by Gasteiger charge is -2.58. The number of aryl methyl sites for hydroxylation is 2. The molecule has 1 aliphatic carbocycles. The van der Waals surface area contributed by atoms with Gasteiger partial charge in [0, 0.05) is 43.5 Å². The molecule has 37 heavy (non-hydrogen) atoms. The molecule has 1 saturated heterocycles. The molecule has 3 N–H and O–H groups in total. The Bertz CT molecular complexity index is 1510. The number of carbonyl (C=O) groups excluding carboxylic acids is 2. The van der Waals surface area contributed by atoms with Gasteiger partial charge in [0.15, 0.2) is 0 Å². The first-order valence-electron chi connectivity index (χ1n) is 12.5. The van der Waals surface area contributed by atoms with Gasteiger partial charge in [-0.05, 0) is 49.3 Å². The number of pyridine rings is 2. The first-order chi connectivity index (χ1) is 17.7. The van der Waals surface area contributed by atoms with E-state index in [1.807, 2.05) is 26.2 Å². The maximum atomic E-state index is 13.0. The molecule has 4 aromatic heterocycles. The minimum Gasteiger partial charge on any atom is -0.339 e. The number of fused-ring (bicyclic) bond motifs is 1. The number of anilines is 2. The van der Waals surface area contributed by atoms with Gasteiger partial charge in [-0.1, -0.05) is 6.92 Å². The molecule has 0 unspecified atom stereocenters. The van der Waals surface area contributed by atoms with Crippen molar-refractivity contribution in [2.75, 3.05) is 30.3 Å². The summed E-state index contributed by atoms with van der Waals surface area (Å²) in [5, 5.41) is 10.9. The Morgan fingerprint density at radius 3 is 2.65 bits per heavy atom. The van der Waals surface area contributed by atoms with Gasteiger partial charge in [0.1, 0.15) is 5.65 Å². The third-order valence-electron chi connectivity index (χ3n) is 7.42. The summed E-state index contributed by atoms with van der Waals surface area (Å²) < 4.78 is 1.73. The van der Waals surface area contributed by atoms with Crippen molar-refractivity contribution in [1.82, 2.24) is 29.6 Å². The maximum absolute atomic E-state index is 13.0. The molecule has 2 amide bonds. The van der Waals surface area contributed by atoms with Crippen LogP contribution in [0, 0.1) is 18.3 Å². The molecule has 0 aromatic carbocycles. The van der Waals surface area contributed by atoms with E-state index >= 15 is 0 Å². The molecule has 0 atom stereocenters. The Morgan fingerprint density at radius 1 is 1.11 bits per heavy atom. The molecule has 190 valence electrons. The summed E-state index contributed by atoms with van der Waals surface area (Å²) in [7, 11) is 1.86. The van der Waals surface area contributed by atoms with Crippen LogP contribution in [0.3, 0.4) is 0 Å². The molecule has 10 nitrogen and oxygen atoms in total. The highest BCUT2D eigenvalue weighted by atomic mass is 16.2. The summed E-state index contributed by atoms with van der Waals surface area (Å²) in [6.07, 6.45) is 9.38. The van der Waals surface area contributed by atoms with Gasteiger partial charge in [0.2, 0.25) is 5.91 Å². The number of hydrogen-bond donors (Lipinski definition) is 3. The highest BCUT2D eigenvalue weighted by Gasteiger charge is 2.50. The standard InChI is InChI=1S/C27H30N8O2/c1-16-7-27(8-16)14-35(15-27)13-24(36)31-21-6-22(17(2)28-11-21)33-26(37)19-4-18-5-23(32-25(18)29-9-19)20-10-30-34(3)12-20/h4-6,9-12,16H,7-8,13-15H2,1-3H3,(H,29,32)(H,31,36)(H,33,37). The van der Waals surface area contributed by atoms with Gasteiger partial charge in [0.05, 0.1) is 47.3 Å². The highest BCUT2D eigenvalue weighted by Crippen LogP contribution is 2.51. The van der Waals surface area contributed by atoms with E-state index in [1.54, 1.807) is 29.2 Å². The number of amides is 2. The van der Waals surface area contributed by atoms with Crippen LogP contribution >= 0.6 is 0 Å². The number of aromatic amines is 1. The van der Waals surface area contributed by atoms with Crippen molar-refractivity contribution in [3.8, 4) is 11.3 Å². The van der Waals surface area contributed by atoms with E-state index in [9.17, 15) is 9.59 Å². The largest absolute Gasteiger partial charge is 0.339 e. The van der Waals surface area contributed by atoms with Crippen molar-refractivity contribution in [3.05, 3.63) is 54.2 Å². The zero-order valence-corrected chi connectivity index (χ0v) is 21.2. The number of hydrogen-bond acceptors (Lipinski definition) is 6. The van der Waals surface area contributed by atoms with Gasteiger partial charge in [0.25, 0.3) is 5.91 Å². The summed E-state index contributed by atoms with van der Waals surface area (Å²) in [4.78, 5) is 39.9. The second kappa shape index (κ2) is 8.81. The number of nitrogens with zero attached hydrogens (tertiary/aromatic N) is 5. The molecule has 2 fully saturated rings. The SMILES string of the molecule is Cc1ncc(NC(=O)CN2CC3(CC(C)C3)C2)cc1NC(=O)c1cnc2[nH]c(-c3cnn(C)c3)cc2c1. The molecular formula is C27H30N8O2. The zero-order valence-electron chi connectivity index (χ0n) is 21.2. The van der Waals surface area contributed by atoms with E-state index in [-0.39, 0.29) is 11.8 Å². The Morgan fingerprint density at radius 2 is 1.92 bits per heavy atom. The smallest absolute Gasteiger partial charge is 0.257 e. The molecule has 2 aliphatic rings. The van der Waals surface area contributed by atoms with Crippen molar-refractivity contribution in [3.63, 3.8) is 0 Å². The van der Waals surface area contributed by atoms with Crippen LogP contribution in [0.15, 0.2) is 43.0 Å². The Labute approximate surface area is 214 Å². The topological polar surface area (TPSA) is 121 Å². The number of likely N-dealkylation sites (tertiary alicyclic amines) is 1. The lowest BCUT2D eigenvalue weighted by atomic mass is 9.58. The molecule has 4 aromatic rings. The minimum absolute atomic E-state index is 0.0725. The normalized spacial score (nSPS) is 16.9. The fourth-order valence-electron chi connectivity index (χ4n) is 5.87. The number of H-pyrrole nitrogens is 1. The monoisotopic (exact) mass is 498 g/mol.